The topological polar surface area (TPSA) is 61.7 Å². The largest absolute Gasteiger partial charge is 0.506 e. The summed E-state index contributed by atoms with van der Waals surface area (Å²) < 4.78 is 1.15. The van der Waals surface area contributed by atoms with Crippen molar-refractivity contribution in [2.45, 2.75) is 20.3 Å². The molecule has 0 atom stereocenters. The fourth-order valence-corrected chi connectivity index (χ4v) is 2.25. The lowest BCUT2D eigenvalue weighted by Crippen LogP contribution is -2.19. The number of hydrogen-bond acceptors (Lipinski definition) is 3. The molecule has 1 rings (SSSR count). The lowest BCUT2D eigenvalue weighted by atomic mass is 10.2. The van der Waals surface area contributed by atoms with E-state index in [9.17, 15) is 9.90 Å². The van der Waals surface area contributed by atoms with Crippen LogP contribution in [0.25, 0.3) is 0 Å². The maximum Gasteiger partial charge on any atom is 0.275 e. The molecule has 0 heterocycles. The smallest absolute Gasteiger partial charge is 0.275 e. The lowest BCUT2D eigenvalue weighted by molar-refractivity contribution is 0.0952. The van der Waals surface area contributed by atoms with Crippen LogP contribution in [-0.4, -0.2) is 16.7 Å². The van der Waals surface area contributed by atoms with Gasteiger partial charge in [0.15, 0.2) is 0 Å². The highest BCUT2D eigenvalue weighted by molar-refractivity contribution is 9.11. The third-order valence-electron chi connectivity index (χ3n) is 2.13. The van der Waals surface area contributed by atoms with E-state index in [1.165, 1.54) is 6.07 Å². The van der Waals surface area contributed by atoms with Crippen LogP contribution in [0.2, 0.25) is 0 Å². The second-order valence-electron chi connectivity index (χ2n) is 3.43. The van der Waals surface area contributed by atoms with Crippen LogP contribution in [-0.2, 0) is 0 Å². The summed E-state index contributed by atoms with van der Waals surface area (Å²) in [5.74, 6) is -0.549. The van der Waals surface area contributed by atoms with Crippen molar-refractivity contribution in [1.29, 1.82) is 0 Å². The molecule has 0 unspecified atom stereocenters. The second kappa shape index (κ2) is 6.16. The average molecular weight is 364 g/mol. The average Bonchev–Trinajstić information content (AvgIpc) is 2.30. The summed E-state index contributed by atoms with van der Waals surface area (Å²) >= 11 is 6.42. The van der Waals surface area contributed by atoms with Crippen molar-refractivity contribution >= 4 is 43.5 Å². The Kier molecular flexibility index (Phi) is 5.14. The Morgan fingerprint density at radius 1 is 1.47 bits per heavy atom. The number of benzene rings is 1. The molecule has 92 valence electrons. The third-order valence-corrected chi connectivity index (χ3v) is 3.20. The van der Waals surface area contributed by atoms with Gasteiger partial charge >= 0.3 is 0 Å². The number of nitrogens with zero attached hydrogens (tertiary/aromatic N) is 1. The first-order chi connectivity index (χ1) is 7.95. The first-order valence-corrected chi connectivity index (χ1v) is 6.55. The predicted octanol–water partition coefficient (Wildman–Crippen LogP) is 3.43. The van der Waals surface area contributed by atoms with Crippen molar-refractivity contribution in [2.75, 3.05) is 0 Å². The Hall–Kier alpha value is -0.880. The summed E-state index contributed by atoms with van der Waals surface area (Å²) in [6, 6.07) is 3.19. The first kappa shape index (κ1) is 14.2. The van der Waals surface area contributed by atoms with Crippen LogP contribution in [0.5, 0.6) is 5.75 Å². The number of halogens is 2. The van der Waals surface area contributed by atoms with Crippen LogP contribution < -0.4 is 5.43 Å². The zero-order valence-corrected chi connectivity index (χ0v) is 12.6. The van der Waals surface area contributed by atoms with Crippen LogP contribution in [0.1, 0.15) is 30.6 Å². The normalized spacial score (nSPS) is 11.4. The molecule has 1 aromatic rings. The van der Waals surface area contributed by atoms with Gasteiger partial charge in [-0.25, -0.2) is 5.43 Å². The van der Waals surface area contributed by atoms with Gasteiger partial charge in [-0.1, -0.05) is 22.9 Å². The number of hydrogen-bond donors (Lipinski definition) is 2. The van der Waals surface area contributed by atoms with Gasteiger partial charge in [0, 0.05) is 10.2 Å². The SMILES string of the molecule is CC/C(C)=N\NC(=O)c1cc(Br)cc(Br)c1O. The summed E-state index contributed by atoms with van der Waals surface area (Å²) in [5.41, 5.74) is 3.37. The molecular formula is C11H12Br2N2O2. The Morgan fingerprint density at radius 2 is 2.12 bits per heavy atom. The van der Waals surface area contributed by atoms with Crippen LogP contribution >= 0.6 is 31.9 Å². The summed E-state index contributed by atoms with van der Waals surface area (Å²) in [4.78, 5) is 11.8. The van der Waals surface area contributed by atoms with E-state index < -0.39 is 5.91 Å². The molecule has 0 aliphatic carbocycles. The van der Waals surface area contributed by atoms with Crippen LogP contribution in [0.4, 0.5) is 0 Å². The van der Waals surface area contributed by atoms with Gasteiger partial charge in [-0.15, -0.1) is 0 Å². The van der Waals surface area contributed by atoms with Gasteiger partial charge in [0.2, 0.25) is 0 Å². The summed E-state index contributed by atoms with van der Waals surface area (Å²) in [6.07, 6.45) is 0.758. The molecule has 0 spiro atoms. The van der Waals surface area contributed by atoms with Gasteiger partial charge < -0.3 is 5.11 Å². The Labute approximate surface area is 116 Å². The van der Waals surface area contributed by atoms with Crippen molar-refractivity contribution in [3.05, 3.63) is 26.6 Å². The maximum absolute atomic E-state index is 11.8. The highest BCUT2D eigenvalue weighted by Crippen LogP contribution is 2.31. The highest BCUT2D eigenvalue weighted by Gasteiger charge is 2.14. The van der Waals surface area contributed by atoms with E-state index in [0.717, 1.165) is 12.1 Å². The molecular weight excluding hydrogens is 352 g/mol. The van der Waals surface area contributed by atoms with Gasteiger partial charge in [-0.05, 0) is 41.4 Å². The number of hydrazone groups is 1. The van der Waals surface area contributed by atoms with Gasteiger partial charge in [0.05, 0.1) is 10.0 Å². The molecule has 0 aliphatic heterocycles. The van der Waals surface area contributed by atoms with E-state index in [2.05, 4.69) is 42.4 Å². The highest BCUT2D eigenvalue weighted by atomic mass is 79.9. The number of carbonyl (C=O) groups is 1. The summed E-state index contributed by atoms with van der Waals surface area (Å²) in [5, 5.41) is 13.6. The van der Waals surface area contributed by atoms with Crippen molar-refractivity contribution < 1.29 is 9.90 Å². The quantitative estimate of drug-likeness (QED) is 0.638. The number of amides is 1. The summed E-state index contributed by atoms with van der Waals surface area (Å²) in [6.45, 7) is 3.76. The molecule has 0 saturated heterocycles. The fraction of sp³-hybridized carbons (Fsp3) is 0.273. The Bertz CT molecular complexity index is 473. The van der Waals surface area contributed by atoms with Gasteiger partial charge in [-0.3, -0.25) is 4.79 Å². The van der Waals surface area contributed by atoms with E-state index in [4.69, 9.17) is 0 Å². The van der Waals surface area contributed by atoms with E-state index in [0.29, 0.717) is 8.95 Å². The van der Waals surface area contributed by atoms with E-state index in [-0.39, 0.29) is 11.3 Å². The van der Waals surface area contributed by atoms with Crippen molar-refractivity contribution in [3.63, 3.8) is 0 Å². The molecule has 0 aliphatic rings. The van der Waals surface area contributed by atoms with Crippen molar-refractivity contribution in [1.82, 2.24) is 5.43 Å². The van der Waals surface area contributed by atoms with Crippen LogP contribution in [0, 0.1) is 0 Å². The molecule has 1 amide bonds. The molecule has 6 heteroatoms. The van der Waals surface area contributed by atoms with E-state index in [1.807, 2.05) is 13.8 Å². The number of phenolic OH excluding ortho intramolecular Hbond substituents is 1. The number of carbonyl (C=O) groups excluding carboxylic acids is 1. The molecule has 1 aromatic carbocycles. The molecule has 0 aromatic heterocycles. The van der Waals surface area contributed by atoms with Crippen LogP contribution in [0.15, 0.2) is 26.2 Å². The van der Waals surface area contributed by atoms with Crippen LogP contribution in [0.3, 0.4) is 0 Å². The molecule has 0 fully saturated rings. The zero-order chi connectivity index (χ0) is 13.0. The molecule has 17 heavy (non-hydrogen) atoms. The Morgan fingerprint density at radius 3 is 2.71 bits per heavy atom. The van der Waals surface area contributed by atoms with Crippen molar-refractivity contribution in [3.8, 4) is 5.75 Å². The minimum absolute atomic E-state index is 0.102. The second-order valence-corrected chi connectivity index (χ2v) is 5.20. The monoisotopic (exact) mass is 362 g/mol. The standard InChI is InChI=1S/C11H12Br2N2O2/c1-3-6(2)14-15-11(17)8-4-7(12)5-9(13)10(8)16/h4-5,16H,3H2,1-2H3,(H,15,17)/b14-6-. The number of nitrogens with one attached hydrogen (secondary N) is 1. The summed E-state index contributed by atoms with van der Waals surface area (Å²) in [7, 11) is 0. The third kappa shape index (κ3) is 3.81. The number of phenols is 1. The molecule has 0 bridgehead atoms. The molecule has 4 nitrogen and oxygen atoms in total. The minimum Gasteiger partial charge on any atom is -0.506 e. The minimum atomic E-state index is -0.447. The van der Waals surface area contributed by atoms with Gasteiger partial charge in [0.25, 0.3) is 5.91 Å². The zero-order valence-electron chi connectivity index (χ0n) is 9.42. The number of rotatable bonds is 3. The van der Waals surface area contributed by atoms with E-state index >= 15 is 0 Å². The molecule has 0 radical (unpaired) electrons. The Balaban J connectivity index is 2.97. The predicted molar refractivity (Wildman–Crippen MR) is 74.4 cm³/mol. The van der Waals surface area contributed by atoms with Crippen molar-refractivity contribution in [2.24, 2.45) is 5.10 Å². The fourth-order valence-electron chi connectivity index (χ4n) is 1.02. The van der Waals surface area contributed by atoms with E-state index in [1.54, 1.807) is 6.07 Å². The van der Waals surface area contributed by atoms with Gasteiger partial charge in [0.1, 0.15) is 5.75 Å². The lowest BCUT2D eigenvalue weighted by Gasteiger charge is -2.06. The number of aromatic hydroxyl groups is 1. The molecule has 2 N–H and O–H groups in total. The first-order valence-electron chi connectivity index (χ1n) is 4.97. The van der Waals surface area contributed by atoms with Gasteiger partial charge in [-0.2, -0.15) is 5.10 Å². The molecule has 0 saturated carbocycles. The maximum atomic E-state index is 11.8.